The summed E-state index contributed by atoms with van der Waals surface area (Å²) in [5.74, 6) is -0.633. The van der Waals surface area contributed by atoms with Gasteiger partial charge in [0.15, 0.2) is 17.7 Å². The molecule has 0 aliphatic rings. The predicted octanol–water partition coefficient (Wildman–Crippen LogP) is -1.21. The van der Waals surface area contributed by atoms with Crippen LogP contribution in [0.5, 0.6) is 0 Å². The zero-order valence-corrected chi connectivity index (χ0v) is 11.2. The molecule has 88 valence electrons. The fourth-order valence-electron chi connectivity index (χ4n) is 0.832. The molecule has 0 aromatic heterocycles. The van der Waals surface area contributed by atoms with Gasteiger partial charge >= 0.3 is 29.6 Å². The van der Waals surface area contributed by atoms with Crippen molar-refractivity contribution in [1.29, 1.82) is 0 Å². The topological polar surface area (TPSA) is 71.5 Å². The average Bonchev–Trinajstić information content (AvgIpc) is 1.78. The number of hydrogen-bond donors (Lipinski definition) is 2. The van der Waals surface area contributed by atoms with E-state index in [0.29, 0.717) is 0 Å². The second kappa shape index (κ2) is 7.10. The van der Waals surface area contributed by atoms with Crippen LogP contribution in [-0.2, 0) is 17.7 Å². The number of hydrogen-bond acceptors (Lipinski definition) is 5. The van der Waals surface area contributed by atoms with Crippen LogP contribution in [-0.4, -0.2) is 82.9 Å². The van der Waals surface area contributed by atoms with E-state index in [1.165, 1.54) is 4.90 Å². The molecule has 0 amide bonds. The van der Waals surface area contributed by atoms with E-state index in [1.807, 2.05) is 0 Å². The van der Waals surface area contributed by atoms with Crippen LogP contribution in [0, 0.1) is 0 Å². The molecule has 5 nitrogen and oxygen atoms in total. The molecule has 15 heavy (non-hydrogen) atoms. The quantitative estimate of drug-likeness (QED) is 0.379. The van der Waals surface area contributed by atoms with Crippen molar-refractivity contribution in [2.45, 2.75) is 6.04 Å². The maximum absolute atomic E-state index is 10.8. The van der Waals surface area contributed by atoms with Gasteiger partial charge in [-0.25, -0.2) is 16.8 Å². The Bertz CT molecular complexity index is 342. The van der Waals surface area contributed by atoms with Gasteiger partial charge in [-0.05, 0) is 37.4 Å². The van der Waals surface area contributed by atoms with Gasteiger partial charge in [0.2, 0.25) is 0 Å². The molecule has 0 saturated heterocycles. The monoisotopic (exact) mass is 303 g/mol. The molecule has 0 saturated carbocycles. The first-order valence-electron chi connectivity index (χ1n) is 3.58. The van der Waals surface area contributed by atoms with E-state index in [4.69, 9.17) is 0 Å². The fourth-order valence-corrected chi connectivity index (χ4v) is 3.82. The Balaban J connectivity index is 0. The van der Waals surface area contributed by atoms with Gasteiger partial charge in [0.25, 0.3) is 0 Å². The summed E-state index contributed by atoms with van der Waals surface area (Å²) < 4.78 is 43.4. The third kappa shape index (κ3) is 11.8. The summed E-state index contributed by atoms with van der Waals surface area (Å²) in [6.45, 7) is 0. The molecule has 0 aliphatic carbocycles. The molecule has 0 N–H and O–H groups in total. The van der Waals surface area contributed by atoms with Crippen LogP contribution in [0.4, 0.5) is 0 Å². The number of nitrogens with zero attached hydrogens (tertiary/aromatic N) is 1. The zero-order chi connectivity index (χ0) is 11.6. The molecule has 0 heterocycles. The Hall–Kier alpha value is 1.56. The van der Waals surface area contributed by atoms with E-state index in [9.17, 15) is 16.8 Å². The second-order valence-corrected chi connectivity index (χ2v) is 9.45. The molecule has 0 aromatic carbocycles. The fraction of sp³-hybridized carbons (Fsp3) is 1.00. The molecule has 0 fully saturated rings. The minimum absolute atomic E-state index is 0. The summed E-state index contributed by atoms with van der Waals surface area (Å²) in [4.78, 5) is 1.52. The van der Waals surface area contributed by atoms with E-state index >= 15 is 0 Å². The van der Waals surface area contributed by atoms with Crippen LogP contribution in [0.1, 0.15) is 0 Å². The molecule has 0 spiro atoms. The Morgan fingerprint density at radius 2 is 1.27 bits per heavy atom. The van der Waals surface area contributed by atoms with Gasteiger partial charge in [0.05, 0.1) is 11.5 Å². The molecule has 0 aromatic rings. The normalized spacial score (nSPS) is 12.9. The van der Waals surface area contributed by atoms with E-state index in [2.05, 4.69) is 23.3 Å². The third-order valence-corrected chi connectivity index (χ3v) is 4.04. The van der Waals surface area contributed by atoms with Crippen LogP contribution < -0.4 is 0 Å². The van der Waals surface area contributed by atoms with Gasteiger partial charge in [0, 0.05) is 6.04 Å². The van der Waals surface area contributed by atoms with Gasteiger partial charge < -0.3 is 4.90 Å². The van der Waals surface area contributed by atoms with Gasteiger partial charge in [-0.2, -0.15) is 0 Å². The van der Waals surface area contributed by atoms with Crippen molar-refractivity contribution >= 4 is 70.6 Å². The van der Waals surface area contributed by atoms with Crippen LogP contribution in [0.25, 0.3) is 0 Å². The Labute approximate surface area is 123 Å². The molecular weight excluding hydrogens is 289 g/mol. The number of rotatable bonds is 5. The molecule has 0 unspecified atom stereocenters. The SMILES string of the molecule is CN(C)C(CS(=O)(=O)S)CS(=O)(=O)S.[NaH]. The summed E-state index contributed by atoms with van der Waals surface area (Å²) in [5, 5.41) is 0. The third-order valence-electron chi connectivity index (χ3n) is 1.54. The van der Waals surface area contributed by atoms with Crippen LogP contribution in [0.2, 0.25) is 0 Å². The summed E-state index contributed by atoms with van der Waals surface area (Å²) in [6.07, 6.45) is 0. The van der Waals surface area contributed by atoms with Crippen LogP contribution in [0.15, 0.2) is 0 Å². The molecule has 0 bridgehead atoms. The Kier molecular flexibility index (Phi) is 8.95. The first kappa shape index (κ1) is 18.9. The summed E-state index contributed by atoms with van der Waals surface area (Å²) in [5.41, 5.74) is 0. The maximum atomic E-state index is 10.8. The van der Waals surface area contributed by atoms with Crippen molar-refractivity contribution in [3.8, 4) is 0 Å². The number of thiol groups is 2. The molecule has 0 rings (SSSR count). The molecule has 0 radical (unpaired) electrons. The molecule has 10 heteroatoms. The van der Waals surface area contributed by atoms with Gasteiger partial charge in [-0.1, -0.05) is 0 Å². The first-order chi connectivity index (χ1) is 6.01. The van der Waals surface area contributed by atoms with Crippen LogP contribution >= 0.6 is 23.3 Å². The summed E-state index contributed by atoms with van der Waals surface area (Å²) in [6, 6.07) is -0.625. The second-order valence-electron chi connectivity index (χ2n) is 3.11. The van der Waals surface area contributed by atoms with Gasteiger partial charge in [-0.3, -0.25) is 0 Å². The van der Waals surface area contributed by atoms with Crippen molar-refractivity contribution in [2.24, 2.45) is 0 Å². The van der Waals surface area contributed by atoms with E-state index in [-0.39, 0.29) is 41.1 Å². The standard InChI is InChI=1S/C5H13NO4S4.Na.H/c1-6(2)5(3-13(7,8)11)4-14(9,10)12;;/h5H,3-4H2,1-2H3,(H,7,8,11)(H,9,10,12);;. The molecule has 0 aliphatic heterocycles. The summed E-state index contributed by atoms with van der Waals surface area (Å²) in [7, 11) is -3.77. The zero-order valence-electron chi connectivity index (χ0n) is 7.78. The predicted molar refractivity (Wildman–Crippen MR) is 70.2 cm³/mol. The van der Waals surface area contributed by atoms with E-state index in [0.717, 1.165) is 0 Å². The van der Waals surface area contributed by atoms with E-state index < -0.39 is 23.8 Å². The average molecular weight is 303 g/mol. The molecule has 0 atom stereocenters. The summed E-state index contributed by atoms with van der Waals surface area (Å²) >= 11 is 6.73. The Morgan fingerprint density at radius 1 is 1.00 bits per heavy atom. The first-order valence-corrected chi connectivity index (χ1v) is 8.99. The van der Waals surface area contributed by atoms with Crippen molar-refractivity contribution in [3.05, 3.63) is 0 Å². The van der Waals surface area contributed by atoms with Crippen LogP contribution in [0.3, 0.4) is 0 Å². The van der Waals surface area contributed by atoms with Crippen molar-refractivity contribution in [1.82, 2.24) is 4.90 Å². The minimum atomic E-state index is -3.49. The Morgan fingerprint density at radius 3 is 1.40 bits per heavy atom. The van der Waals surface area contributed by atoms with Crippen molar-refractivity contribution in [2.75, 3.05) is 25.6 Å². The van der Waals surface area contributed by atoms with Gasteiger partial charge in [-0.15, -0.1) is 0 Å². The van der Waals surface area contributed by atoms with Gasteiger partial charge in [0.1, 0.15) is 0 Å². The molecular formula is C5H14NNaO4S4. The van der Waals surface area contributed by atoms with E-state index in [1.54, 1.807) is 14.1 Å². The van der Waals surface area contributed by atoms with Crippen molar-refractivity contribution in [3.63, 3.8) is 0 Å². The van der Waals surface area contributed by atoms with Crippen molar-refractivity contribution < 1.29 is 16.8 Å².